The van der Waals surface area contributed by atoms with Crippen LogP contribution in [-0.4, -0.2) is 29.5 Å². The minimum absolute atomic E-state index is 0.0813. The normalized spacial score (nSPS) is 10.5. The average molecular weight is 297 g/mol. The summed E-state index contributed by atoms with van der Waals surface area (Å²) in [7, 11) is 1.81. The molecular weight excluding hydrogens is 274 g/mol. The van der Waals surface area contributed by atoms with Gasteiger partial charge in [0.2, 0.25) is 0 Å². The quantitative estimate of drug-likeness (QED) is 0.909. The van der Waals surface area contributed by atoms with Gasteiger partial charge in [-0.15, -0.1) is 0 Å². The highest BCUT2D eigenvalue weighted by molar-refractivity contribution is 5.90. The minimum Gasteiger partial charge on any atom is -0.327 e. The van der Waals surface area contributed by atoms with Crippen LogP contribution in [0.4, 0.5) is 10.5 Å². The maximum atomic E-state index is 12.3. The number of amides is 2. The van der Waals surface area contributed by atoms with Crippen molar-refractivity contribution >= 4 is 11.7 Å². The summed E-state index contributed by atoms with van der Waals surface area (Å²) in [6, 6.07) is 11.8. The Kier molecular flexibility index (Phi) is 5.53. The molecule has 2 aromatic rings. The van der Waals surface area contributed by atoms with Crippen LogP contribution in [0.25, 0.3) is 0 Å². The summed E-state index contributed by atoms with van der Waals surface area (Å²) < 4.78 is 0. The molecule has 116 valence electrons. The van der Waals surface area contributed by atoms with Gasteiger partial charge in [0.05, 0.1) is 0 Å². The fraction of sp³-hybridized carbons (Fsp3) is 0.333. The molecule has 1 N–H and O–H groups in total. The van der Waals surface area contributed by atoms with E-state index in [-0.39, 0.29) is 6.03 Å². The smallest absolute Gasteiger partial charge is 0.321 e. The molecule has 4 nitrogen and oxygen atoms in total. The summed E-state index contributed by atoms with van der Waals surface area (Å²) >= 11 is 0. The van der Waals surface area contributed by atoms with Gasteiger partial charge < -0.3 is 10.2 Å². The van der Waals surface area contributed by atoms with Gasteiger partial charge in [-0.3, -0.25) is 4.98 Å². The molecule has 1 heterocycles. The molecule has 0 atom stereocenters. The molecule has 0 radical (unpaired) electrons. The standard InChI is InChI=1S/C18H23N3O/c1-14(2)16-6-4-5-7-17(16)20-18(22)21(3)13-10-15-8-11-19-12-9-15/h4-9,11-12,14H,10,13H2,1-3H3,(H,20,22). The Morgan fingerprint density at radius 1 is 1.18 bits per heavy atom. The van der Waals surface area contributed by atoms with Gasteiger partial charge in [0.25, 0.3) is 0 Å². The number of para-hydroxylation sites is 1. The van der Waals surface area contributed by atoms with Crippen LogP contribution in [-0.2, 0) is 6.42 Å². The van der Waals surface area contributed by atoms with E-state index in [1.54, 1.807) is 17.3 Å². The van der Waals surface area contributed by atoms with Crippen molar-refractivity contribution in [3.05, 3.63) is 59.9 Å². The van der Waals surface area contributed by atoms with Gasteiger partial charge in [0, 0.05) is 31.7 Å². The number of rotatable bonds is 5. The summed E-state index contributed by atoms with van der Waals surface area (Å²) in [6.45, 7) is 4.91. The Labute approximate surface area is 132 Å². The van der Waals surface area contributed by atoms with Crippen molar-refractivity contribution in [2.45, 2.75) is 26.2 Å². The van der Waals surface area contributed by atoms with E-state index in [9.17, 15) is 4.79 Å². The van der Waals surface area contributed by atoms with Crippen molar-refractivity contribution < 1.29 is 4.79 Å². The maximum absolute atomic E-state index is 12.3. The van der Waals surface area contributed by atoms with Crippen molar-refractivity contribution in [3.8, 4) is 0 Å². The number of carbonyl (C=O) groups is 1. The zero-order valence-corrected chi connectivity index (χ0v) is 13.4. The third kappa shape index (κ3) is 4.32. The number of nitrogens with zero attached hydrogens (tertiary/aromatic N) is 2. The van der Waals surface area contributed by atoms with Crippen LogP contribution in [0.1, 0.15) is 30.9 Å². The number of carbonyl (C=O) groups excluding carboxylic acids is 1. The Hall–Kier alpha value is -2.36. The predicted octanol–water partition coefficient (Wildman–Crippen LogP) is 3.91. The topological polar surface area (TPSA) is 45.2 Å². The van der Waals surface area contributed by atoms with E-state index in [4.69, 9.17) is 0 Å². The molecule has 0 spiro atoms. The van der Waals surface area contributed by atoms with Gasteiger partial charge >= 0.3 is 6.03 Å². The lowest BCUT2D eigenvalue weighted by Crippen LogP contribution is -2.33. The Balaban J connectivity index is 1.94. The first kappa shape index (κ1) is 16.0. The number of urea groups is 1. The molecular formula is C18H23N3O. The van der Waals surface area contributed by atoms with Crippen molar-refractivity contribution in [3.63, 3.8) is 0 Å². The molecule has 0 saturated heterocycles. The first-order chi connectivity index (χ1) is 10.6. The molecule has 0 unspecified atom stereocenters. The third-order valence-corrected chi connectivity index (χ3v) is 3.66. The Morgan fingerprint density at radius 2 is 1.86 bits per heavy atom. The van der Waals surface area contributed by atoms with Crippen LogP contribution in [0.2, 0.25) is 0 Å². The fourth-order valence-electron chi connectivity index (χ4n) is 2.27. The van der Waals surface area contributed by atoms with E-state index >= 15 is 0 Å². The monoisotopic (exact) mass is 297 g/mol. The summed E-state index contributed by atoms with van der Waals surface area (Å²) in [6.07, 6.45) is 4.36. The second kappa shape index (κ2) is 7.59. The molecule has 2 amide bonds. The zero-order valence-electron chi connectivity index (χ0n) is 13.4. The summed E-state index contributed by atoms with van der Waals surface area (Å²) in [5, 5.41) is 3.00. The number of hydrogen-bond acceptors (Lipinski definition) is 2. The van der Waals surface area contributed by atoms with Gasteiger partial charge in [0.15, 0.2) is 0 Å². The molecule has 4 heteroatoms. The molecule has 0 aliphatic rings. The molecule has 0 aliphatic carbocycles. The minimum atomic E-state index is -0.0813. The molecule has 22 heavy (non-hydrogen) atoms. The lowest BCUT2D eigenvalue weighted by molar-refractivity contribution is 0.223. The SMILES string of the molecule is CC(C)c1ccccc1NC(=O)N(C)CCc1ccncc1. The summed E-state index contributed by atoms with van der Waals surface area (Å²) in [5.41, 5.74) is 3.22. The Bertz CT molecular complexity index is 611. The van der Waals surface area contributed by atoms with E-state index in [0.717, 1.165) is 17.7 Å². The van der Waals surface area contributed by atoms with Crippen molar-refractivity contribution in [2.75, 3.05) is 18.9 Å². The fourth-order valence-corrected chi connectivity index (χ4v) is 2.27. The van der Waals surface area contributed by atoms with E-state index in [1.165, 1.54) is 5.56 Å². The first-order valence-electron chi connectivity index (χ1n) is 7.58. The van der Waals surface area contributed by atoms with Crippen LogP contribution < -0.4 is 5.32 Å². The zero-order chi connectivity index (χ0) is 15.9. The highest BCUT2D eigenvalue weighted by Crippen LogP contribution is 2.23. The maximum Gasteiger partial charge on any atom is 0.321 e. The van der Waals surface area contributed by atoms with Crippen LogP contribution >= 0.6 is 0 Å². The second-order valence-corrected chi connectivity index (χ2v) is 5.70. The number of anilines is 1. The van der Waals surface area contributed by atoms with E-state index < -0.39 is 0 Å². The van der Waals surface area contributed by atoms with Crippen molar-refractivity contribution in [2.24, 2.45) is 0 Å². The Morgan fingerprint density at radius 3 is 2.55 bits per heavy atom. The summed E-state index contributed by atoms with van der Waals surface area (Å²) in [4.78, 5) is 18.0. The largest absolute Gasteiger partial charge is 0.327 e. The number of aromatic nitrogens is 1. The van der Waals surface area contributed by atoms with E-state index in [0.29, 0.717) is 12.5 Å². The van der Waals surface area contributed by atoms with Gasteiger partial charge in [-0.1, -0.05) is 32.0 Å². The lowest BCUT2D eigenvalue weighted by atomic mass is 10.0. The molecule has 0 bridgehead atoms. The summed E-state index contributed by atoms with van der Waals surface area (Å²) in [5.74, 6) is 0.374. The first-order valence-corrected chi connectivity index (χ1v) is 7.58. The van der Waals surface area contributed by atoms with Crippen LogP contribution in [0, 0.1) is 0 Å². The van der Waals surface area contributed by atoms with Gasteiger partial charge in [-0.05, 0) is 41.7 Å². The highest BCUT2D eigenvalue weighted by Gasteiger charge is 2.12. The number of hydrogen-bond donors (Lipinski definition) is 1. The number of likely N-dealkylation sites (N-methyl/N-ethyl adjacent to an activating group) is 1. The molecule has 0 fully saturated rings. The van der Waals surface area contributed by atoms with Crippen LogP contribution in [0.15, 0.2) is 48.8 Å². The second-order valence-electron chi connectivity index (χ2n) is 5.70. The van der Waals surface area contributed by atoms with Crippen molar-refractivity contribution in [1.29, 1.82) is 0 Å². The molecule has 1 aromatic carbocycles. The molecule has 0 aliphatic heterocycles. The molecule has 2 rings (SSSR count). The molecule has 0 saturated carbocycles. The van der Waals surface area contributed by atoms with Crippen molar-refractivity contribution in [1.82, 2.24) is 9.88 Å². The predicted molar refractivity (Wildman–Crippen MR) is 90.1 cm³/mol. The van der Waals surface area contributed by atoms with E-state index in [1.807, 2.05) is 37.4 Å². The number of benzene rings is 1. The highest BCUT2D eigenvalue weighted by atomic mass is 16.2. The van der Waals surface area contributed by atoms with Crippen LogP contribution in [0.3, 0.4) is 0 Å². The van der Waals surface area contributed by atoms with Gasteiger partial charge in [-0.2, -0.15) is 0 Å². The third-order valence-electron chi connectivity index (χ3n) is 3.66. The van der Waals surface area contributed by atoms with Crippen LogP contribution in [0.5, 0.6) is 0 Å². The number of nitrogens with one attached hydrogen (secondary N) is 1. The number of pyridine rings is 1. The van der Waals surface area contributed by atoms with E-state index in [2.05, 4.69) is 30.2 Å². The molecule has 1 aromatic heterocycles. The van der Waals surface area contributed by atoms with Gasteiger partial charge in [-0.25, -0.2) is 4.79 Å². The lowest BCUT2D eigenvalue weighted by Gasteiger charge is -2.20. The van der Waals surface area contributed by atoms with Gasteiger partial charge in [0.1, 0.15) is 0 Å². The average Bonchev–Trinajstić information content (AvgIpc) is 2.53.